The van der Waals surface area contributed by atoms with Crippen molar-refractivity contribution in [3.8, 4) is 0 Å². The summed E-state index contributed by atoms with van der Waals surface area (Å²) in [4.78, 5) is 55.0. The highest BCUT2D eigenvalue weighted by molar-refractivity contribution is 6.12. The third-order valence-corrected chi connectivity index (χ3v) is 6.18. The van der Waals surface area contributed by atoms with Gasteiger partial charge in [0.25, 0.3) is 5.91 Å². The third kappa shape index (κ3) is 3.41. The number of carbonyl (C=O) groups is 4. The fourth-order valence-corrected chi connectivity index (χ4v) is 4.64. The van der Waals surface area contributed by atoms with Crippen LogP contribution >= 0.6 is 0 Å². The lowest BCUT2D eigenvalue weighted by molar-refractivity contribution is -0.131. The highest BCUT2D eigenvalue weighted by atomic mass is 16.5. The van der Waals surface area contributed by atoms with Crippen LogP contribution in [-0.2, 0) is 22.4 Å². The molecule has 8 heteroatoms. The number of aromatic nitrogens is 1. The number of urea groups is 1. The molecule has 2 aromatic rings. The van der Waals surface area contributed by atoms with E-state index in [0.29, 0.717) is 36.1 Å². The van der Waals surface area contributed by atoms with Gasteiger partial charge in [-0.3, -0.25) is 14.5 Å². The van der Waals surface area contributed by atoms with Gasteiger partial charge in [0, 0.05) is 17.7 Å². The van der Waals surface area contributed by atoms with Crippen LogP contribution in [0.2, 0.25) is 0 Å². The number of aromatic amines is 1. The summed E-state index contributed by atoms with van der Waals surface area (Å²) in [5.41, 5.74) is 2.66. The Morgan fingerprint density at radius 1 is 1.16 bits per heavy atom. The minimum atomic E-state index is -1.01. The van der Waals surface area contributed by atoms with Crippen LogP contribution in [0.1, 0.15) is 56.6 Å². The van der Waals surface area contributed by atoms with E-state index in [1.165, 1.54) is 5.56 Å². The predicted molar refractivity (Wildman–Crippen MR) is 112 cm³/mol. The van der Waals surface area contributed by atoms with Crippen molar-refractivity contribution in [2.24, 2.45) is 0 Å². The molecule has 1 aliphatic heterocycles. The van der Waals surface area contributed by atoms with E-state index < -0.39 is 23.3 Å². The number of ether oxygens (including phenoxy) is 1. The molecule has 31 heavy (non-hydrogen) atoms. The van der Waals surface area contributed by atoms with Crippen LogP contribution in [0.25, 0.3) is 0 Å². The van der Waals surface area contributed by atoms with Gasteiger partial charge >= 0.3 is 12.0 Å². The number of amides is 3. The summed E-state index contributed by atoms with van der Waals surface area (Å²) in [5, 5.41) is 2.84. The van der Waals surface area contributed by atoms with Crippen LogP contribution in [0.4, 0.5) is 4.79 Å². The molecule has 1 unspecified atom stereocenters. The topological polar surface area (TPSA) is 109 Å². The van der Waals surface area contributed by atoms with Crippen molar-refractivity contribution in [3.63, 3.8) is 0 Å². The molecule has 2 N–H and O–H groups in total. The molecule has 1 aromatic heterocycles. The highest BCUT2D eigenvalue weighted by Crippen LogP contribution is 2.34. The van der Waals surface area contributed by atoms with Crippen LogP contribution in [0.5, 0.6) is 0 Å². The van der Waals surface area contributed by atoms with Gasteiger partial charge in [-0.25, -0.2) is 9.59 Å². The summed E-state index contributed by atoms with van der Waals surface area (Å²) < 4.78 is 5.02. The molecule has 2 aliphatic rings. The zero-order valence-corrected chi connectivity index (χ0v) is 17.8. The standard InChI is InChI=1S/C23H25N3O5/c1-4-31-20(28)19-13(2)18(14(3)24-19)17(27)12-26-21(29)23(25-22(26)30)10-9-15-7-5-6-8-16(15)11-23/h5-8,24H,4,9-12H2,1-3H3,(H,25,30). The minimum Gasteiger partial charge on any atom is -0.461 e. The van der Waals surface area contributed by atoms with Gasteiger partial charge in [-0.2, -0.15) is 0 Å². The zero-order chi connectivity index (χ0) is 22.3. The molecule has 1 spiro atoms. The molecular weight excluding hydrogens is 398 g/mol. The second-order valence-electron chi connectivity index (χ2n) is 8.12. The molecule has 1 saturated heterocycles. The number of ketones is 1. The molecular formula is C23H25N3O5. The van der Waals surface area contributed by atoms with Crippen molar-refractivity contribution in [1.29, 1.82) is 0 Å². The van der Waals surface area contributed by atoms with E-state index in [0.717, 1.165) is 10.5 Å². The lowest BCUT2D eigenvalue weighted by Gasteiger charge is -2.32. The predicted octanol–water partition coefficient (Wildman–Crippen LogP) is 2.47. The average Bonchev–Trinajstić information content (AvgIpc) is 3.16. The van der Waals surface area contributed by atoms with E-state index in [1.54, 1.807) is 20.8 Å². The second-order valence-corrected chi connectivity index (χ2v) is 8.12. The molecule has 8 nitrogen and oxygen atoms in total. The number of carbonyl (C=O) groups excluding carboxylic acids is 4. The normalized spacial score (nSPS) is 20.0. The minimum absolute atomic E-state index is 0.209. The first-order valence-electron chi connectivity index (χ1n) is 10.4. The monoisotopic (exact) mass is 423 g/mol. The number of H-pyrrole nitrogens is 1. The van der Waals surface area contributed by atoms with Gasteiger partial charge in [0.1, 0.15) is 11.2 Å². The van der Waals surface area contributed by atoms with Crippen molar-refractivity contribution in [2.75, 3.05) is 13.2 Å². The number of nitrogens with one attached hydrogen (secondary N) is 2. The Morgan fingerprint density at radius 2 is 1.87 bits per heavy atom. The van der Waals surface area contributed by atoms with Gasteiger partial charge in [-0.05, 0) is 50.3 Å². The summed E-state index contributed by atoms with van der Waals surface area (Å²) in [6.07, 6.45) is 1.59. The Morgan fingerprint density at radius 3 is 2.58 bits per heavy atom. The Labute approximate surface area is 179 Å². The van der Waals surface area contributed by atoms with Gasteiger partial charge in [0.15, 0.2) is 5.78 Å². The van der Waals surface area contributed by atoms with Crippen molar-refractivity contribution in [3.05, 3.63) is 57.9 Å². The van der Waals surface area contributed by atoms with Crippen LogP contribution in [-0.4, -0.2) is 52.3 Å². The van der Waals surface area contributed by atoms with Crippen molar-refractivity contribution >= 4 is 23.7 Å². The van der Waals surface area contributed by atoms with Crippen LogP contribution < -0.4 is 5.32 Å². The highest BCUT2D eigenvalue weighted by Gasteiger charge is 2.52. The number of nitrogens with zero attached hydrogens (tertiary/aromatic N) is 1. The molecule has 0 bridgehead atoms. The molecule has 1 fully saturated rings. The molecule has 2 heterocycles. The van der Waals surface area contributed by atoms with E-state index >= 15 is 0 Å². The van der Waals surface area contributed by atoms with Crippen LogP contribution in [0.15, 0.2) is 24.3 Å². The van der Waals surface area contributed by atoms with E-state index in [9.17, 15) is 19.2 Å². The Kier molecular flexibility index (Phi) is 5.16. The number of hydrogen-bond acceptors (Lipinski definition) is 5. The fourth-order valence-electron chi connectivity index (χ4n) is 4.64. The smallest absolute Gasteiger partial charge is 0.355 e. The molecule has 1 atom stereocenters. The average molecular weight is 423 g/mol. The van der Waals surface area contributed by atoms with E-state index in [1.807, 2.05) is 24.3 Å². The number of imide groups is 1. The third-order valence-electron chi connectivity index (χ3n) is 6.18. The maximum Gasteiger partial charge on any atom is 0.355 e. The van der Waals surface area contributed by atoms with Gasteiger partial charge in [0.2, 0.25) is 0 Å². The zero-order valence-electron chi connectivity index (χ0n) is 17.8. The number of esters is 1. The molecule has 1 aromatic carbocycles. The first-order chi connectivity index (χ1) is 14.8. The summed E-state index contributed by atoms with van der Waals surface area (Å²) >= 11 is 0. The molecule has 4 rings (SSSR count). The van der Waals surface area contributed by atoms with Crippen molar-refractivity contribution < 1.29 is 23.9 Å². The van der Waals surface area contributed by atoms with Crippen LogP contribution in [0, 0.1) is 13.8 Å². The fraction of sp³-hybridized carbons (Fsp3) is 0.391. The summed E-state index contributed by atoms with van der Waals surface area (Å²) in [6, 6.07) is 7.31. The SMILES string of the molecule is CCOC(=O)c1[nH]c(C)c(C(=O)CN2C(=O)NC3(CCc4ccccc4C3)C2=O)c1C. The molecule has 3 amide bonds. The van der Waals surface area contributed by atoms with Gasteiger partial charge < -0.3 is 15.0 Å². The molecule has 162 valence electrons. The quantitative estimate of drug-likeness (QED) is 0.436. The number of hydrogen-bond donors (Lipinski definition) is 2. The number of benzene rings is 1. The maximum atomic E-state index is 13.2. The number of aryl methyl sites for hydroxylation is 2. The second kappa shape index (κ2) is 7.68. The van der Waals surface area contributed by atoms with E-state index in [4.69, 9.17) is 4.74 Å². The van der Waals surface area contributed by atoms with Crippen molar-refractivity contribution in [1.82, 2.24) is 15.2 Å². The number of fused-ring (bicyclic) bond motifs is 1. The van der Waals surface area contributed by atoms with E-state index in [-0.39, 0.29) is 24.8 Å². The van der Waals surface area contributed by atoms with Gasteiger partial charge in [-0.1, -0.05) is 24.3 Å². The molecule has 1 aliphatic carbocycles. The summed E-state index contributed by atoms with van der Waals surface area (Å²) in [7, 11) is 0. The first-order valence-corrected chi connectivity index (χ1v) is 10.4. The Balaban J connectivity index is 1.56. The first kappa shape index (κ1) is 20.8. The lowest BCUT2D eigenvalue weighted by atomic mass is 9.78. The molecule has 0 radical (unpaired) electrons. The molecule has 0 saturated carbocycles. The number of Topliss-reactive ketones (excluding diaryl/α,β-unsaturated/α-hetero) is 1. The Hall–Kier alpha value is -3.42. The lowest BCUT2D eigenvalue weighted by Crippen LogP contribution is -2.51. The maximum absolute atomic E-state index is 13.2. The van der Waals surface area contributed by atoms with Crippen molar-refractivity contribution in [2.45, 2.75) is 45.6 Å². The van der Waals surface area contributed by atoms with Gasteiger partial charge in [0.05, 0.1) is 13.2 Å². The largest absolute Gasteiger partial charge is 0.461 e. The van der Waals surface area contributed by atoms with E-state index in [2.05, 4.69) is 10.3 Å². The Bertz CT molecular complexity index is 1100. The van der Waals surface area contributed by atoms with Crippen LogP contribution in [0.3, 0.4) is 0 Å². The summed E-state index contributed by atoms with van der Waals surface area (Å²) in [5.74, 6) is -1.33. The number of rotatable bonds is 5. The summed E-state index contributed by atoms with van der Waals surface area (Å²) in [6.45, 7) is 4.86. The van der Waals surface area contributed by atoms with Gasteiger partial charge in [-0.15, -0.1) is 0 Å².